The van der Waals surface area contributed by atoms with Gasteiger partial charge < -0.3 is 0 Å². The first kappa shape index (κ1) is 10.8. The topological polar surface area (TPSA) is 0 Å². The molecule has 0 aliphatic carbocycles. The highest BCUT2D eigenvalue weighted by molar-refractivity contribution is 6.20. The smallest absolute Gasteiger partial charge is 0.0378 e. The Morgan fingerprint density at radius 1 is 1.64 bits per heavy atom. The van der Waals surface area contributed by atoms with Crippen LogP contribution in [0.25, 0.3) is 0 Å². The first-order valence-corrected chi connectivity index (χ1v) is 4.34. The van der Waals surface area contributed by atoms with E-state index in [4.69, 9.17) is 11.6 Å². The summed E-state index contributed by atoms with van der Waals surface area (Å²) < 4.78 is 0. The molecule has 0 aromatic heterocycles. The second kappa shape index (κ2) is 6.48. The fraction of sp³-hybridized carbons (Fsp3) is 0.500. The SMILES string of the molecule is C=CCC(Cl)C[C](C)C=CC. The third kappa shape index (κ3) is 6.18. The molecular weight excluding hydrogens is 156 g/mol. The molecule has 1 atom stereocenters. The van der Waals surface area contributed by atoms with Crippen molar-refractivity contribution in [2.45, 2.75) is 32.1 Å². The van der Waals surface area contributed by atoms with Gasteiger partial charge in [-0.3, -0.25) is 0 Å². The zero-order valence-corrected chi connectivity index (χ0v) is 8.06. The molecule has 0 saturated heterocycles. The fourth-order valence-corrected chi connectivity index (χ4v) is 1.34. The van der Waals surface area contributed by atoms with Crippen molar-refractivity contribution < 1.29 is 0 Å². The summed E-state index contributed by atoms with van der Waals surface area (Å²) in [4.78, 5) is 0. The van der Waals surface area contributed by atoms with Gasteiger partial charge in [-0.25, -0.2) is 0 Å². The summed E-state index contributed by atoms with van der Waals surface area (Å²) >= 11 is 5.99. The molecule has 0 aliphatic rings. The molecule has 0 aliphatic heterocycles. The first-order chi connectivity index (χ1) is 5.20. The maximum absolute atomic E-state index is 5.99. The fourth-order valence-electron chi connectivity index (χ4n) is 0.966. The average Bonchev–Trinajstić information content (AvgIpc) is 1.87. The van der Waals surface area contributed by atoms with Crippen molar-refractivity contribution in [1.82, 2.24) is 0 Å². The summed E-state index contributed by atoms with van der Waals surface area (Å²) in [6.45, 7) is 7.75. The molecule has 0 heterocycles. The van der Waals surface area contributed by atoms with E-state index in [1.54, 1.807) is 0 Å². The summed E-state index contributed by atoms with van der Waals surface area (Å²) in [6, 6.07) is 0. The third-order valence-electron chi connectivity index (χ3n) is 1.42. The lowest BCUT2D eigenvalue weighted by molar-refractivity contribution is 0.796. The molecule has 0 spiro atoms. The van der Waals surface area contributed by atoms with Crippen LogP contribution in [-0.4, -0.2) is 5.38 Å². The van der Waals surface area contributed by atoms with E-state index in [0.717, 1.165) is 12.8 Å². The van der Waals surface area contributed by atoms with Gasteiger partial charge in [0.1, 0.15) is 0 Å². The van der Waals surface area contributed by atoms with Crippen LogP contribution in [0.3, 0.4) is 0 Å². The summed E-state index contributed by atoms with van der Waals surface area (Å²) in [5.74, 6) is 1.33. The largest absolute Gasteiger partial charge is 0.123 e. The van der Waals surface area contributed by atoms with Crippen LogP contribution < -0.4 is 0 Å². The molecular formula is C10H16Cl. The number of hydrogen-bond donors (Lipinski definition) is 0. The van der Waals surface area contributed by atoms with Crippen molar-refractivity contribution >= 4 is 11.6 Å². The minimum Gasteiger partial charge on any atom is -0.123 e. The minimum atomic E-state index is 0.212. The van der Waals surface area contributed by atoms with Crippen molar-refractivity contribution in [2.24, 2.45) is 0 Å². The third-order valence-corrected chi connectivity index (χ3v) is 1.75. The predicted octanol–water partition coefficient (Wildman–Crippen LogP) is 3.73. The molecule has 0 rings (SSSR count). The zero-order valence-electron chi connectivity index (χ0n) is 7.31. The van der Waals surface area contributed by atoms with E-state index in [-0.39, 0.29) is 5.38 Å². The lowest BCUT2D eigenvalue weighted by Gasteiger charge is -2.09. The summed E-state index contributed by atoms with van der Waals surface area (Å²) in [5.41, 5.74) is 0. The minimum absolute atomic E-state index is 0.212. The van der Waals surface area contributed by atoms with Crippen LogP contribution >= 0.6 is 11.6 Å². The number of allylic oxidation sites excluding steroid dienone is 3. The molecule has 1 radical (unpaired) electrons. The zero-order chi connectivity index (χ0) is 8.69. The Labute approximate surface area is 74.9 Å². The van der Waals surface area contributed by atoms with Gasteiger partial charge in [0.2, 0.25) is 0 Å². The van der Waals surface area contributed by atoms with E-state index < -0.39 is 0 Å². The van der Waals surface area contributed by atoms with Crippen LogP contribution in [0.5, 0.6) is 0 Å². The highest BCUT2D eigenvalue weighted by atomic mass is 35.5. The van der Waals surface area contributed by atoms with Crippen LogP contribution in [-0.2, 0) is 0 Å². The molecule has 63 valence electrons. The van der Waals surface area contributed by atoms with Gasteiger partial charge in [-0.2, -0.15) is 0 Å². The highest BCUT2D eigenvalue weighted by Gasteiger charge is 2.05. The van der Waals surface area contributed by atoms with Crippen LogP contribution in [0.1, 0.15) is 26.7 Å². The van der Waals surface area contributed by atoms with Crippen molar-refractivity contribution in [3.63, 3.8) is 0 Å². The second-order valence-corrected chi connectivity index (χ2v) is 3.29. The van der Waals surface area contributed by atoms with Gasteiger partial charge in [-0.15, -0.1) is 18.2 Å². The van der Waals surface area contributed by atoms with E-state index in [1.807, 2.05) is 19.1 Å². The molecule has 0 bridgehead atoms. The van der Waals surface area contributed by atoms with Crippen LogP contribution in [0.15, 0.2) is 24.8 Å². The van der Waals surface area contributed by atoms with Crippen LogP contribution in [0.4, 0.5) is 0 Å². The van der Waals surface area contributed by atoms with E-state index >= 15 is 0 Å². The van der Waals surface area contributed by atoms with E-state index in [2.05, 4.69) is 19.6 Å². The number of hydrogen-bond acceptors (Lipinski definition) is 0. The second-order valence-electron chi connectivity index (χ2n) is 2.67. The Hall–Kier alpha value is -0.230. The molecule has 1 heteroatoms. The van der Waals surface area contributed by atoms with E-state index in [1.165, 1.54) is 5.92 Å². The summed E-state index contributed by atoms with van der Waals surface area (Å²) in [5, 5.41) is 0.212. The van der Waals surface area contributed by atoms with Gasteiger partial charge in [0.05, 0.1) is 0 Å². The predicted molar refractivity (Wildman–Crippen MR) is 52.8 cm³/mol. The molecule has 0 amide bonds. The highest BCUT2D eigenvalue weighted by Crippen LogP contribution is 2.17. The van der Waals surface area contributed by atoms with Gasteiger partial charge >= 0.3 is 0 Å². The van der Waals surface area contributed by atoms with Gasteiger partial charge in [0, 0.05) is 5.38 Å². The lowest BCUT2D eigenvalue weighted by Crippen LogP contribution is -2.00. The normalized spacial score (nSPS) is 14.2. The van der Waals surface area contributed by atoms with Crippen molar-refractivity contribution in [1.29, 1.82) is 0 Å². The molecule has 0 aromatic rings. The summed E-state index contributed by atoms with van der Waals surface area (Å²) in [7, 11) is 0. The van der Waals surface area contributed by atoms with Crippen molar-refractivity contribution in [2.75, 3.05) is 0 Å². The Balaban J connectivity index is 3.55. The van der Waals surface area contributed by atoms with Crippen molar-refractivity contribution in [3.05, 3.63) is 30.7 Å². The first-order valence-electron chi connectivity index (χ1n) is 3.90. The average molecular weight is 172 g/mol. The Morgan fingerprint density at radius 2 is 2.27 bits per heavy atom. The molecule has 11 heavy (non-hydrogen) atoms. The molecule has 0 fully saturated rings. The molecule has 0 N–H and O–H groups in total. The molecule has 0 aromatic carbocycles. The quantitative estimate of drug-likeness (QED) is 0.437. The van der Waals surface area contributed by atoms with Crippen LogP contribution in [0, 0.1) is 5.92 Å². The monoisotopic (exact) mass is 171 g/mol. The van der Waals surface area contributed by atoms with Crippen molar-refractivity contribution in [3.8, 4) is 0 Å². The number of alkyl halides is 1. The Bertz CT molecular complexity index is 127. The number of halogens is 1. The molecule has 1 unspecified atom stereocenters. The van der Waals surface area contributed by atoms with E-state index in [0.29, 0.717) is 0 Å². The molecule has 0 saturated carbocycles. The van der Waals surface area contributed by atoms with Gasteiger partial charge in [-0.05, 0) is 25.7 Å². The van der Waals surface area contributed by atoms with E-state index in [9.17, 15) is 0 Å². The maximum Gasteiger partial charge on any atom is 0.0378 e. The Morgan fingerprint density at radius 3 is 2.73 bits per heavy atom. The molecule has 0 nitrogen and oxygen atoms in total. The maximum atomic E-state index is 5.99. The van der Waals surface area contributed by atoms with Crippen LogP contribution in [0.2, 0.25) is 0 Å². The van der Waals surface area contributed by atoms with Gasteiger partial charge in [0.15, 0.2) is 0 Å². The van der Waals surface area contributed by atoms with Gasteiger partial charge in [-0.1, -0.05) is 25.2 Å². The lowest BCUT2D eigenvalue weighted by atomic mass is 10.0. The Kier molecular flexibility index (Phi) is 6.34. The number of rotatable bonds is 5. The summed E-state index contributed by atoms with van der Waals surface area (Å²) in [6.07, 6.45) is 7.83. The van der Waals surface area contributed by atoms with Gasteiger partial charge in [0.25, 0.3) is 0 Å². The standard InChI is InChI=1S/C10H16Cl/c1-4-6-9(3)8-10(11)7-5-2/h4-6,10H,2,7-8H2,1,3H3.